The van der Waals surface area contributed by atoms with Gasteiger partial charge in [-0.05, 0) is 12.5 Å². The molecule has 1 aromatic carbocycles. The Morgan fingerprint density at radius 1 is 1.19 bits per heavy atom. The molecule has 0 aromatic heterocycles. The predicted octanol–water partition coefficient (Wildman–Crippen LogP) is 3.21. The normalized spacial score (nSPS) is 17.4. The zero-order chi connectivity index (χ0) is 14.9. The minimum Gasteiger partial charge on any atom is -0.426 e. The largest absolute Gasteiger partial charge is 0.426 e. The molecule has 1 aromatic rings. The molecule has 0 amide bonds. The zero-order valence-corrected chi connectivity index (χ0v) is 13.2. The Labute approximate surface area is 130 Å². The first-order valence-corrected chi connectivity index (χ1v) is 8.43. The van der Waals surface area contributed by atoms with Crippen LogP contribution in [0.5, 0.6) is 5.75 Å². The highest BCUT2D eigenvalue weighted by atomic mass is 32.2. The fraction of sp³-hybridized carbons (Fsp3) is 0.562. The number of thioether (sulfide) groups is 1. The molecule has 0 saturated heterocycles. The van der Waals surface area contributed by atoms with Gasteiger partial charge in [-0.25, -0.2) is 0 Å². The fourth-order valence-corrected chi connectivity index (χ4v) is 3.26. The van der Waals surface area contributed by atoms with Crippen molar-refractivity contribution in [1.82, 2.24) is 0 Å². The molecule has 0 N–H and O–H groups in total. The number of ether oxygens (including phenoxy) is 3. The van der Waals surface area contributed by atoms with Crippen molar-refractivity contribution >= 4 is 17.7 Å². The van der Waals surface area contributed by atoms with Crippen molar-refractivity contribution in [3.63, 3.8) is 0 Å². The van der Waals surface area contributed by atoms with Crippen molar-refractivity contribution in [3.8, 4) is 5.75 Å². The molecule has 2 rings (SSSR count). The second-order valence-corrected chi connectivity index (χ2v) is 6.11. The molecule has 0 saturated carbocycles. The van der Waals surface area contributed by atoms with Gasteiger partial charge in [-0.3, -0.25) is 4.79 Å². The number of hydrogen-bond acceptors (Lipinski definition) is 5. The molecule has 1 unspecified atom stereocenters. The van der Waals surface area contributed by atoms with Gasteiger partial charge in [0.05, 0.1) is 26.2 Å². The fourth-order valence-electron chi connectivity index (χ4n) is 2.13. The van der Waals surface area contributed by atoms with Crippen LogP contribution in [0.2, 0.25) is 0 Å². The van der Waals surface area contributed by atoms with Gasteiger partial charge in [0, 0.05) is 23.2 Å². The van der Waals surface area contributed by atoms with E-state index in [-0.39, 0.29) is 11.2 Å². The summed E-state index contributed by atoms with van der Waals surface area (Å²) in [7, 11) is 0. The van der Waals surface area contributed by atoms with Crippen LogP contribution in [0.3, 0.4) is 0 Å². The van der Waals surface area contributed by atoms with Gasteiger partial charge in [-0.15, -0.1) is 0 Å². The third-order valence-corrected chi connectivity index (χ3v) is 4.33. The van der Waals surface area contributed by atoms with Crippen LogP contribution in [-0.2, 0) is 14.3 Å². The maximum Gasteiger partial charge on any atom is 0.312 e. The molecule has 0 bridgehead atoms. The number of carbonyl (C=O) groups is 1. The van der Waals surface area contributed by atoms with Gasteiger partial charge in [0.1, 0.15) is 5.75 Å². The van der Waals surface area contributed by atoms with Gasteiger partial charge in [-0.2, -0.15) is 11.8 Å². The van der Waals surface area contributed by atoms with Gasteiger partial charge < -0.3 is 14.2 Å². The maximum atomic E-state index is 11.6. The monoisotopic (exact) mass is 310 g/mol. The molecule has 1 atom stereocenters. The lowest BCUT2D eigenvalue weighted by Crippen LogP contribution is -2.19. The summed E-state index contributed by atoms with van der Waals surface area (Å²) < 4.78 is 16.1. The molecule has 0 aliphatic carbocycles. The highest BCUT2D eigenvalue weighted by molar-refractivity contribution is 7.99. The van der Waals surface area contributed by atoms with Crippen molar-refractivity contribution in [2.75, 3.05) is 32.2 Å². The zero-order valence-electron chi connectivity index (χ0n) is 12.4. The Morgan fingerprint density at radius 3 is 2.76 bits per heavy atom. The number of carbonyl (C=O) groups excluding carboxylic acids is 1. The summed E-state index contributed by atoms with van der Waals surface area (Å²) >= 11 is 1.75. The maximum absolute atomic E-state index is 11.6. The van der Waals surface area contributed by atoms with Crippen LogP contribution in [0.25, 0.3) is 0 Å². The van der Waals surface area contributed by atoms with Gasteiger partial charge in [-0.1, -0.05) is 25.1 Å². The highest BCUT2D eigenvalue weighted by Crippen LogP contribution is 2.40. The van der Waals surface area contributed by atoms with E-state index in [1.807, 2.05) is 24.3 Å². The molecule has 5 heteroatoms. The number of benzene rings is 1. The molecule has 21 heavy (non-hydrogen) atoms. The standard InChI is InChI=1S/C16H22O4S/c1-2-7-18-8-9-19-10-11-21-15-12-16(17)20-14-6-4-3-5-13(14)15/h3-6,15H,2,7-12H2,1H3. The van der Waals surface area contributed by atoms with Crippen molar-refractivity contribution in [2.24, 2.45) is 0 Å². The SMILES string of the molecule is CCCOCCOCCSC1CC(=O)Oc2ccccc21. The average Bonchev–Trinajstić information content (AvgIpc) is 2.49. The quantitative estimate of drug-likeness (QED) is 0.398. The number of esters is 1. The molecule has 4 nitrogen and oxygen atoms in total. The summed E-state index contributed by atoms with van der Waals surface area (Å²) in [5, 5.41) is 0.169. The average molecular weight is 310 g/mol. The Balaban J connectivity index is 1.68. The minimum absolute atomic E-state index is 0.153. The van der Waals surface area contributed by atoms with E-state index in [0.717, 1.165) is 24.3 Å². The third-order valence-electron chi connectivity index (χ3n) is 3.11. The van der Waals surface area contributed by atoms with Crippen LogP contribution in [0, 0.1) is 0 Å². The van der Waals surface area contributed by atoms with Crippen LogP contribution < -0.4 is 4.74 Å². The van der Waals surface area contributed by atoms with E-state index in [2.05, 4.69) is 6.92 Å². The van der Waals surface area contributed by atoms with Crippen LogP contribution in [0.4, 0.5) is 0 Å². The summed E-state index contributed by atoms with van der Waals surface area (Å²) in [5.41, 5.74) is 1.10. The first-order valence-electron chi connectivity index (χ1n) is 7.38. The summed E-state index contributed by atoms with van der Waals surface area (Å²) in [6.07, 6.45) is 1.47. The van der Waals surface area contributed by atoms with Crippen molar-refractivity contribution in [2.45, 2.75) is 25.0 Å². The number of hydrogen-bond donors (Lipinski definition) is 0. The first kappa shape index (κ1) is 16.3. The van der Waals surface area contributed by atoms with E-state index in [9.17, 15) is 4.79 Å². The van der Waals surface area contributed by atoms with Gasteiger partial charge in [0.25, 0.3) is 0 Å². The Kier molecular flexibility index (Phi) is 7.06. The Morgan fingerprint density at radius 2 is 1.95 bits per heavy atom. The minimum atomic E-state index is -0.153. The predicted molar refractivity (Wildman–Crippen MR) is 83.8 cm³/mol. The number of fused-ring (bicyclic) bond motifs is 1. The molecule has 0 radical (unpaired) electrons. The number of para-hydroxylation sites is 1. The second-order valence-electron chi connectivity index (χ2n) is 4.80. The third kappa shape index (κ3) is 5.34. The lowest BCUT2D eigenvalue weighted by molar-refractivity contribution is -0.135. The van der Waals surface area contributed by atoms with E-state index < -0.39 is 0 Å². The first-order chi connectivity index (χ1) is 10.3. The van der Waals surface area contributed by atoms with Gasteiger partial charge in [0.15, 0.2) is 0 Å². The van der Waals surface area contributed by atoms with Crippen LogP contribution in [-0.4, -0.2) is 38.1 Å². The molecule has 0 fully saturated rings. The second kappa shape index (κ2) is 9.07. The molecule has 0 spiro atoms. The summed E-state index contributed by atoms with van der Waals surface area (Å²) in [4.78, 5) is 11.6. The van der Waals surface area contributed by atoms with Crippen molar-refractivity contribution < 1.29 is 19.0 Å². The summed E-state index contributed by atoms with van der Waals surface area (Å²) in [5.74, 6) is 1.40. The smallest absolute Gasteiger partial charge is 0.312 e. The van der Waals surface area contributed by atoms with E-state index >= 15 is 0 Å². The lowest BCUT2D eigenvalue weighted by Gasteiger charge is -2.23. The van der Waals surface area contributed by atoms with Gasteiger partial charge in [0.2, 0.25) is 0 Å². The summed E-state index contributed by atoms with van der Waals surface area (Å²) in [6, 6.07) is 7.74. The molecule has 1 aliphatic rings. The van der Waals surface area contributed by atoms with E-state index in [0.29, 0.717) is 32.0 Å². The van der Waals surface area contributed by atoms with E-state index in [1.165, 1.54) is 0 Å². The highest BCUT2D eigenvalue weighted by Gasteiger charge is 2.26. The number of rotatable bonds is 9. The molecular formula is C16H22O4S. The van der Waals surface area contributed by atoms with Crippen LogP contribution in [0.15, 0.2) is 24.3 Å². The van der Waals surface area contributed by atoms with E-state index in [4.69, 9.17) is 14.2 Å². The van der Waals surface area contributed by atoms with Gasteiger partial charge >= 0.3 is 5.97 Å². The van der Waals surface area contributed by atoms with Crippen molar-refractivity contribution in [1.29, 1.82) is 0 Å². The molecule has 116 valence electrons. The van der Waals surface area contributed by atoms with Crippen molar-refractivity contribution in [3.05, 3.63) is 29.8 Å². The molecule has 1 aliphatic heterocycles. The Bertz CT molecular complexity index is 450. The summed E-state index contributed by atoms with van der Waals surface area (Å²) in [6.45, 7) is 4.83. The lowest BCUT2D eigenvalue weighted by atomic mass is 10.1. The Hall–Kier alpha value is -1.04. The van der Waals surface area contributed by atoms with E-state index in [1.54, 1.807) is 11.8 Å². The van der Waals surface area contributed by atoms with Crippen LogP contribution >= 0.6 is 11.8 Å². The molecular weight excluding hydrogens is 288 g/mol. The molecule has 1 heterocycles. The topological polar surface area (TPSA) is 44.8 Å². The van der Waals surface area contributed by atoms with Crippen LogP contribution in [0.1, 0.15) is 30.6 Å².